The van der Waals surface area contributed by atoms with Crippen molar-refractivity contribution in [2.45, 2.75) is 31.3 Å². The number of H-pyrrole nitrogens is 1. The van der Waals surface area contributed by atoms with Crippen molar-refractivity contribution in [2.24, 2.45) is 5.92 Å². The molecule has 3 unspecified atom stereocenters. The van der Waals surface area contributed by atoms with Crippen molar-refractivity contribution in [1.29, 1.82) is 0 Å². The van der Waals surface area contributed by atoms with Gasteiger partial charge >= 0.3 is 0 Å². The minimum atomic E-state index is -0.261. The number of anilines is 1. The van der Waals surface area contributed by atoms with Crippen LogP contribution < -0.4 is 16.2 Å². The molecule has 26 heavy (non-hydrogen) atoms. The molecule has 3 heterocycles. The van der Waals surface area contributed by atoms with Crippen molar-refractivity contribution < 1.29 is 4.39 Å². The summed E-state index contributed by atoms with van der Waals surface area (Å²) in [5.74, 6) is 1.16. The van der Waals surface area contributed by atoms with E-state index in [2.05, 4.69) is 36.3 Å². The van der Waals surface area contributed by atoms with Gasteiger partial charge in [0.25, 0.3) is 0 Å². The van der Waals surface area contributed by atoms with Crippen molar-refractivity contribution in [3.8, 4) is 11.3 Å². The Morgan fingerprint density at radius 1 is 1.12 bits per heavy atom. The Hall–Kier alpha value is -2.58. The third-order valence-electron chi connectivity index (χ3n) is 5.46. The van der Waals surface area contributed by atoms with E-state index in [1.165, 1.54) is 18.5 Å². The summed E-state index contributed by atoms with van der Waals surface area (Å²) in [6.45, 7) is 1.01. The first kappa shape index (κ1) is 15.7. The van der Waals surface area contributed by atoms with Gasteiger partial charge in [-0.2, -0.15) is 5.10 Å². The lowest BCUT2D eigenvalue weighted by molar-refractivity contribution is 0.314. The molecule has 8 heteroatoms. The van der Waals surface area contributed by atoms with E-state index in [4.69, 9.17) is 0 Å². The highest BCUT2D eigenvalue weighted by atomic mass is 19.1. The number of halogens is 1. The fourth-order valence-corrected chi connectivity index (χ4v) is 4.12. The zero-order valence-electron chi connectivity index (χ0n) is 14.2. The summed E-state index contributed by atoms with van der Waals surface area (Å²) in [6.07, 6.45) is 4.86. The van der Waals surface area contributed by atoms with Crippen LogP contribution in [0, 0.1) is 11.7 Å². The van der Waals surface area contributed by atoms with E-state index in [1.807, 2.05) is 0 Å². The SMILES string of the molecule is Fc1ccc(-c2[nH]nc3ncnc(NC4CCC5NNCC5C4)c23)cc1. The summed E-state index contributed by atoms with van der Waals surface area (Å²) in [4.78, 5) is 8.74. The highest BCUT2D eigenvalue weighted by Crippen LogP contribution is 2.33. The number of fused-ring (bicyclic) bond motifs is 2. The Morgan fingerprint density at radius 2 is 2.00 bits per heavy atom. The summed E-state index contributed by atoms with van der Waals surface area (Å²) < 4.78 is 13.3. The van der Waals surface area contributed by atoms with Crippen LogP contribution in [0.3, 0.4) is 0 Å². The fourth-order valence-electron chi connectivity index (χ4n) is 4.12. The van der Waals surface area contributed by atoms with Crippen LogP contribution in [0.4, 0.5) is 10.2 Å². The van der Waals surface area contributed by atoms with Gasteiger partial charge in [0.2, 0.25) is 0 Å². The quantitative estimate of drug-likeness (QED) is 0.577. The summed E-state index contributed by atoms with van der Waals surface area (Å²) in [6, 6.07) is 7.30. The summed E-state index contributed by atoms with van der Waals surface area (Å²) in [5.41, 5.74) is 8.89. The van der Waals surface area contributed by atoms with Gasteiger partial charge in [-0.25, -0.2) is 14.4 Å². The predicted molar refractivity (Wildman–Crippen MR) is 96.8 cm³/mol. The maximum absolute atomic E-state index is 13.3. The maximum Gasteiger partial charge on any atom is 0.186 e. The van der Waals surface area contributed by atoms with Gasteiger partial charge in [0.05, 0.1) is 11.1 Å². The lowest BCUT2D eigenvalue weighted by Crippen LogP contribution is -2.39. The second kappa shape index (κ2) is 6.30. The monoisotopic (exact) mass is 353 g/mol. The molecule has 4 N–H and O–H groups in total. The largest absolute Gasteiger partial charge is 0.367 e. The zero-order valence-corrected chi connectivity index (χ0v) is 14.2. The van der Waals surface area contributed by atoms with E-state index in [-0.39, 0.29) is 5.82 Å². The highest BCUT2D eigenvalue weighted by Gasteiger charge is 2.34. The number of hydrogen-bond acceptors (Lipinski definition) is 6. The van der Waals surface area contributed by atoms with Gasteiger partial charge in [-0.05, 0) is 49.4 Å². The van der Waals surface area contributed by atoms with Crippen molar-refractivity contribution in [2.75, 3.05) is 11.9 Å². The van der Waals surface area contributed by atoms with Gasteiger partial charge in [-0.1, -0.05) is 0 Å². The number of aromatic nitrogens is 4. The Morgan fingerprint density at radius 3 is 2.88 bits per heavy atom. The van der Waals surface area contributed by atoms with E-state index >= 15 is 0 Å². The number of rotatable bonds is 3. The molecule has 3 aromatic rings. The first-order chi connectivity index (χ1) is 12.8. The zero-order chi connectivity index (χ0) is 17.5. The van der Waals surface area contributed by atoms with Crippen LogP contribution in [-0.4, -0.2) is 38.8 Å². The summed E-state index contributed by atoms with van der Waals surface area (Å²) in [7, 11) is 0. The van der Waals surface area contributed by atoms with Crippen LogP contribution in [-0.2, 0) is 0 Å². The molecule has 0 bridgehead atoms. The molecule has 0 radical (unpaired) electrons. The second-order valence-corrected chi connectivity index (χ2v) is 7.07. The molecule has 1 saturated heterocycles. The van der Waals surface area contributed by atoms with Gasteiger partial charge in [-0.15, -0.1) is 0 Å². The third-order valence-corrected chi connectivity index (χ3v) is 5.46. The molecule has 1 aliphatic heterocycles. The number of hydrogen-bond donors (Lipinski definition) is 4. The van der Waals surface area contributed by atoms with Crippen molar-refractivity contribution in [3.05, 3.63) is 36.4 Å². The lowest BCUT2D eigenvalue weighted by atomic mass is 9.83. The van der Waals surface area contributed by atoms with Crippen LogP contribution in [0.1, 0.15) is 19.3 Å². The molecule has 2 aliphatic rings. The van der Waals surface area contributed by atoms with Crippen molar-refractivity contribution in [1.82, 2.24) is 31.0 Å². The van der Waals surface area contributed by atoms with E-state index in [0.29, 0.717) is 23.6 Å². The van der Waals surface area contributed by atoms with Gasteiger partial charge < -0.3 is 5.32 Å². The van der Waals surface area contributed by atoms with Crippen LogP contribution in [0.2, 0.25) is 0 Å². The van der Waals surface area contributed by atoms with Crippen LogP contribution in [0.15, 0.2) is 30.6 Å². The maximum atomic E-state index is 13.3. The Balaban J connectivity index is 1.48. The molecule has 5 rings (SSSR count). The molecular weight excluding hydrogens is 333 g/mol. The minimum Gasteiger partial charge on any atom is -0.367 e. The molecule has 1 saturated carbocycles. The van der Waals surface area contributed by atoms with E-state index < -0.39 is 0 Å². The topological polar surface area (TPSA) is 90.5 Å². The van der Waals surface area contributed by atoms with Crippen molar-refractivity contribution >= 4 is 16.9 Å². The Bertz CT molecular complexity index is 923. The molecule has 2 fully saturated rings. The molecular formula is C18H20FN7. The molecule has 2 aromatic heterocycles. The molecule has 3 atom stereocenters. The number of hydrazine groups is 1. The van der Waals surface area contributed by atoms with Gasteiger partial charge in [0.1, 0.15) is 18.0 Å². The van der Waals surface area contributed by atoms with Crippen LogP contribution >= 0.6 is 0 Å². The number of aromatic amines is 1. The third kappa shape index (κ3) is 2.71. The molecule has 1 aliphatic carbocycles. The number of nitrogens with one attached hydrogen (secondary N) is 4. The predicted octanol–water partition coefficient (Wildman–Crippen LogP) is 2.22. The summed E-state index contributed by atoms with van der Waals surface area (Å²) >= 11 is 0. The highest BCUT2D eigenvalue weighted by molar-refractivity contribution is 5.98. The molecule has 7 nitrogen and oxygen atoms in total. The standard InChI is InChI=1S/C18H20FN7/c19-12-3-1-10(2-4-12)16-15-17(20-9-21-18(15)26-25-16)23-13-5-6-14-11(7-13)8-22-24-14/h1-4,9,11,13-14,22,24H,5-8H2,(H2,20,21,23,25,26). The van der Waals surface area contributed by atoms with Gasteiger partial charge in [0, 0.05) is 24.2 Å². The molecule has 0 spiro atoms. The van der Waals surface area contributed by atoms with E-state index in [1.54, 1.807) is 12.1 Å². The van der Waals surface area contributed by atoms with E-state index in [9.17, 15) is 4.39 Å². The number of nitrogens with zero attached hydrogens (tertiary/aromatic N) is 3. The van der Waals surface area contributed by atoms with Gasteiger partial charge in [0.15, 0.2) is 5.65 Å². The van der Waals surface area contributed by atoms with Crippen LogP contribution in [0.5, 0.6) is 0 Å². The first-order valence-electron chi connectivity index (χ1n) is 8.98. The van der Waals surface area contributed by atoms with E-state index in [0.717, 1.165) is 48.3 Å². The number of benzene rings is 1. The molecule has 0 amide bonds. The van der Waals surface area contributed by atoms with Crippen LogP contribution in [0.25, 0.3) is 22.3 Å². The molecule has 134 valence electrons. The Labute approximate surface area is 149 Å². The fraction of sp³-hybridized carbons (Fsp3) is 0.389. The second-order valence-electron chi connectivity index (χ2n) is 7.07. The molecule has 1 aromatic carbocycles. The Kier molecular flexibility index (Phi) is 3.79. The van der Waals surface area contributed by atoms with Crippen molar-refractivity contribution in [3.63, 3.8) is 0 Å². The average Bonchev–Trinajstić information content (AvgIpc) is 3.29. The normalized spacial score (nSPS) is 25.3. The first-order valence-corrected chi connectivity index (χ1v) is 8.98. The smallest absolute Gasteiger partial charge is 0.186 e. The lowest BCUT2D eigenvalue weighted by Gasteiger charge is -2.31. The summed E-state index contributed by atoms with van der Waals surface area (Å²) in [5, 5.41) is 11.8. The average molecular weight is 353 g/mol. The minimum absolute atomic E-state index is 0.261. The van der Waals surface area contributed by atoms with Gasteiger partial charge in [-0.3, -0.25) is 16.0 Å².